The highest BCUT2D eigenvalue weighted by Gasteiger charge is 2.28. The molecule has 5 heteroatoms. The van der Waals surface area contributed by atoms with Crippen LogP contribution in [0.1, 0.15) is 11.1 Å². The van der Waals surface area contributed by atoms with Crippen LogP contribution in [0.25, 0.3) is 0 Å². The summed E-state index contributed by atoms with van der Waals surface area (Å²) >= 11 is 0. The average Bonchev–Trinajstić information content (AvgIpc) is 3.10. The molecule has 0 radical (unpaired) electrons. The predicted octanol–water partition coefficient (Wildman–Crippen LogP) is 2.43. The Balaban J connectivity index is 1.31. The summed E-state index contributed by atoms with van der Waals surface area (Å²) in [6.07, 6.45) is 1.77. The maximum Gasteiger partial charge on any atom is 0.226 e. The van der Waals surface area contributed by atoms with Crippen LogP contribution in [-0.2, 0) is 17.6 Å². The number of hydrogen-bond acceptors (Lipinski definition) is 4. The molecule has 1 atom stereocenters. The number of rotatable bonds is 5. The van der Waals surface area contributed by atoms with Crippen LogP contribution >= 0.6 is 0 Å². The van der Waals surface area contributed by atoms with Crippen molar-refractivity contribution in [3.63, 3.8) is 0 Å². The minimum atomic E-state index is -0.152. The summed E-state index contributed by atoms with van der Waals surface area (Å²) in [5, 5.41) is 3.08. The second-order valence-corrected chi connectivity index (χ2v) is 6.82. The number of nitrogens with zero attached hydrogens (tertiary/aromatic N) is 1. The van der Waals surface area contributed by atoms with Crippen molar-refractivity contribution in [3.8, 4) is 11.5 Å². The smallest absolute Gasteiger partial charge is 0.226 e. The van der Waals surface area contributed by atoms with Gasteiger partial charge in [-0.2, -0.15) is 0 Å². The van der Waals surface area contributed by atoms with Crippen LogP contribution in [0.5, 0.6) is 11.5 Å². The molecule has 2 aliphatic rings. The Morgan fingerprint density at radius 2 is 2.08 bits per heavy atom. The van der Waals surface area contributed by atoms with E-state index in [9.17, 15) is 4.79 Å². The Labute approximate surface area is 153 Å². The highest BCUT2D eigenvalue weighted by Crippen LogP contribution is 2.36. The van der Waals surface area contributed by atoms with Crippen LogP contribution in [0.15, 0.2) is 42.5 Å². The topological polar surface area (TPSA) is 50.8 Å². The van der Waals surface area contributed by atoms with Crippen LogP contribution in [-0.4, -0.2) is 39.3 Å². The number of hydrogen-bond donors (Lipinski definition) is 1. The number of methoxy groups -OCH3 is 1. The molecule has 2 heterocycles. The normalized spacial score (nSPS) is 17.9. The van der Waals surface area contributed by atoms with Gasteiger partial charge in [0.1, 0.15) is 6.61 Å². The van der Waals surface area contributed by atoms with Crippen molar-refractivity contribution in [1.29, 1.82) is 0 Å². The van der Waals surface area contributed by atoms with Gasteiger partial charge in [-0.15, -0.1) is 0 Å². The van der Waals surface area contributed by atoms with Gasteiger partial charge in [0.05, 0.1) is 13.0 Å². The van der Waals surface area contributed by atoms with Crippen LogP contribution in [0.3, 0.4) is 0 Å². The van der Waals surface area contributed by atoms with Crippen LogP contribution in [0.4, 0.5) is 5.69 Å². The largest absolute Gasteiger partial charge is 0.493 e. The Morgan fingerprint density at radius 1 is 1.23 bits per heavy atom. The minimum absolute atomic E-state index is 0.0611. The molecular weight excluding hydrogens is 328 g/mol. The van der Waals surface area contributed by atoms with Gasteiger partial charge in [-0.25, -0.2) is 0 Å². The van der Waals surface area contributed by atoms with E-state index in [1.807, 2.05) is 18.2 Å². The lowest BCUT2D eigenvalue weighted by atomic mass is 9.95. The fraction of sp³-hybridized carbons (Fsp3) is 0.381. The molecule has 0 aliphatic carbocycles. The molecule has 0 fully saturated rings. The monoisotopic (exact) mass is 352 g/mol. The van der Waals surface area contributed by atoms with E-state index in [4.69, 9.17) is 9.47 Å². The first kappa shape index (κ1) is 16.8. The Hall–Kier alpha value is -2.69. The molecule has 0 spiro atoms. The molecule has 1 amide bonds. The van der Waals surface area contributed by atoms with Gasteiger partial charge >= 0.3 is 0 Å². The second-order valence-electron chi connectivity index (χ2n) is 6.82. The lowest BCUT2D eigenvalue weighted by Gasteiger charge is -2.26. The summed E-state index contributed by atoms with van der Waals surface area (Å²) in [7, 11) is 1.63. The van der Waals surface area contributed by atoms with Crippen molar-refractivity contribution in [3.05, 3.63) is 53.6 Å². The van der Waals surface area contributed by atoms with E-state index in [-0.39, 0.29) is 11.8 Å². The first-order valence-electron chi connectivity index (χ1n) is 9.15. The van der Waals surface area contributed by atoms with Crippen molar-refractivity contribution in [1.82, 2.24) is 5.32 Å². The number of fused-ring (bicyclic) bond motifs is 2. The maximum absolute atomic E-state index is 12.5. The SMILES string of the molecule is COc1cccc2c1OC[C@H](C(=O)NCCN1CCc3ccccc31)C2. The molecule has 136 valence electrons. The van der Waals surface area contributed by atoms with Gasteiger partial charge in [0.2, 0.25) is 5.91 Å². The number of nitrogens with one attached hydrogen (secondary N) is 1. The fourth-order valence-corrected chi connectivity index (χ4v) is 3.82. The first-order valence-corrected chi connectivity index (χ1v) is 9.15. The molecule has 26 heavy (non-hydrogen) atoms. The van der Waals surface area contributed by atoms with Crippen LogP contribution in [0, 0.1) is 5.92 Å². The number of benzene rings is 2. The van der Waals surface area contributed by atoms with Crippen molar-refractivity contribution in [2.45, 2.75) is 12.8 Å². The molecule has 0 bridgehead atoms. The van der Waals surface area contributed by atoms with Gasteiger partial charge in [-0.1, -0.05) is 30.3 Å². The van der Waals surface area contributed by atoms with E-state index in [0.29, 0.717) is 19.6 Å². The predicted molar refractivity (Wildman–Crippen MR) is 101 cm³/mol. The van der Waals surface area contributed by atoms with Crippen molar-refractivity contribution < 1.29 is 14.3 Å². The third kappa shape index (κ3) is 3.21. The van der Waals surface area contributed by atoms with E-state index in [1.165, 1.54) is 11.3 Å². The number of amides is 1. The van der Waals surface area contributed by atoms with Gasteiger partial charge in [-0.05, 0) is 36.1 Å². The number of ether oxygens (including phenoxy) is 2. The van der Waals surface area contributed by atoms with Gasteiger partial charge in [0.15, 0.2) is 11.5 Å². The third-order valence-electron chi connectivity index (χ3n) is 5.21. The second kappa shape index (κ2) is 7.28. The van der Waals surface area contributed by atoms with Crippen LogP contribution in [0.2, 0.25) is 0 Å². The zero-order valence-electron chi connectivity index (χ0n) is 15.0. The molecule has 2 aromatic carbocycles. The number of para-hydroxylation sites is 2. The maximum atomic E-state index is 12.5. The zero-order valence-corrected chi connectivity index (χ0v) is 15.0. The fourth-order valence-electron chi connectivity index (χ4n) is 3.82. The Morgan fingerprint density at radius 3 is 2.96 bits per heavy atom. The standard InChI is InChI=1S/C21H24N2O3/c1-25-19-8-4-6-16-13-17(14-26-20(16)19)21(24)22-10-12-23-11-9-15-5-2-3-7-18(15)23/h2-8,17H,9-14H2,1H3,(H,22,24)/t17-/m1/s1. The molecule has 5 nitrogen and oxygen atoms in total. The van der Waals surface area contributed by atoms with E-state index in [0.717, 1.165) is 36.6 Å². The molecular formula is C21H24N2O3. The molecule has 2 aromatic rings. The number of carbonyl (C=O) groups is 1. The van der Waals surface area contributed by atoms with Gasteiger partial charge in [0, 0.05) is 25.3 Å². The van der Waals surface area contributed by atoms with E-state index < -0.39 is 0 Å². The van der Waals surface area contributed by atoms with Crippen molar-refractivity contribution in [2.24, 2.45) is 5.92 Å². The van der Waals surface area contributed by atoms with E-state index in [1.54, 1.807) is 7.11 Å². The summed E-state index contributed by atoms with van der Waals surface area (Å²) in [4.78, 5) is 14.9. The van der Waals surface area contributed by atoms with Crippen molar-refractivity contribution in [2.75, 3.05) is 38.3 Å². The highest BCUT2D eigenvalue weighted by atomic mass is 16.5. The summed E-state index contributed by atoms with van der Waals surface area (Å²) in [5.74, 6) is 1.41. The van der Waals surface area contributed by atoms with Gasteiger partial charge in [0.25, 0.3) is 0 Å². The minimum Gasteiger partial charge on any atom is -0.493 e. The van der Waals surface area contributed by atoms with Crippen LogP contribution < -0.4 is 19.7 Å². The average molecular weight is 352 g/mol. The zero-order chi connectivity index (χ0) is 17.9. The summed E-state index contributed by atoms with van der Waals surface area (Å²) in [6.45, 7) is 2.90. The summed E-state index contributed by atoms with van der Waals surface area (Å²) in [5.41, 5.74) is 3.72. The quantitative estimate of drug-likeness (QED) is 0.898. The molecule has 0 saturated heterocycles. The van der Waals surface area contributed by atoms with E-state index >= 15 is 0 Å². The lowest BCUT2D eigenvalue weighted by Crippen LogP contribution is -2.41. The molecule has 2 aliphatic heterocycles. The highest BCUT2D eigenvalue weighted by molar-refractivity contribution is 5.79. The number of carbonyl (C=O) groups excluding carboxylic acids is 1. The summed E-state index contributed by atoms with van der Waals surface area (Å²) in [6, 6.07) is 14.3. The molecule has 1 N–H and O–H groups in total. The Kier molecular flexibility index (Phi) is 4.69. The molecule has 4 rings (SSSR count). The summed E-state index contributed by atoms with van der Waals surface area (Å²) < 4.78 is 11.1. The third-order valence-corrected chi connectivity index (χ3v) is 5.21. The first-order chi connectivity index (χ1) is 12.8. The molecule has 0 unspecified atom stereocenters. The van der Waals surface area contributed by atoms with Crippen molar-refractivity contribution >= 4 is 11.6 Å². The lowest BCUT2D eigenvalue weighted by molar-refractivity contribution is -0.126. The number of anilines is 1. The van der Waals surface area contributed by atoms with E-state index in [2.05, 4.69) is 34.5 Å². The molecule has 0 saturated carbocycles. The Bertz CT molecular complexity index is 806. The van der Waals surface area contributed by atoms with Gasteiger partial charge in [-0.3, -0.25) is 4.79 Å². The molecule has 0 aromatic heterocycles. The van der Waals surface area contributed by atoms with Gasteiger partial charge < -0.3 is 19.7 Å².